The quantitative estimate of drug-likeness (QED) is 0.527. The van der Waals surface area contributed by atoms with Crippen molar-refractivity contribution in [3.05, 3.63) is 35.9 Å². The summed E-state index contributed by atoms with van der Waals surface area (Å²) in [5, 5.41) is 38.3. The van der Waals surface area contributed by atoms with Crippen LogP contribution in [-0.4, -0.2) is 68.7 Å². The third-order valence-electron chi connectivity index (χ3n) is 3.39. The first-order chi connectivity index (χ1) is 9.06. The van der Waals surface area contributed by atoms with E-state index in [1.165, 1.54) is 4.90 Å². The van der Waals surface area contributed by atoms with Crippen LogP contribution in [-0.2, 0) is 0 Å². The zero-order valence-corrected chi connectivity index (χ0v) is 10.3. The second-order valence-corrected chi connectivity index (χ2v) is 4.62. The number of aliphatic hydroxyl groups excluding tert-OH is 4. The lowest BCUT2D eigenvalue weighted by atomic mass is 9.93. The molecule has 6 nitrogen and oxygen atoms in total. The molecule has 4 atom stereocenters. The molecule has 2 rings (SSSR count). The van der Waals surface area contributed by atoms with Gasteiger partial charge in [-0.25, -0.2) is 0 Å². The number of carbonyl (C=O) groups excluding carboxylic acids is 1. The summed E-state index contributed by atoms with van der Waals surface area (Å²) < 4.78 is 0. The maximum absolute atomic E-state index is 12.3. The largest absolute Gasteiger partial charge is 0.394 e. The average molecular weight is 267 g/mol. The van der Waals surface area contributed by atoms with E-state index in [4.69, 9.17) is 0 Å². The minimum Gasteiger partial charge on any atom is -0.394 e. The second kappa shape index (κ2) is 5.66. The molecule has 1 aromatic rings. The van der Waals surface area contributed by atoms with Gasteiger partial charge in [-0.05, 0) is 12.1 Å². The molecule has 0 radical (unpaired) electrons. The number of β-amino-alcohol motifs (C(OH)–C–C–N with tert-alkyl or cyclic N) is 1. The fourth-order valence-electron chi connectivity index (χ4n) is 2.27. The highest BCUT2D eigenvalue weighted by atomic mass is 16.4. The van der Waals surface area contributed by atoms with E-state index in [0.717, 1.165) is 0 Å². The fourth-order valence-corrected chi connectivity index (χ4v) is 2.27. The van der Waals surface area contributed by atoms with Gasteiger partial charge in [-0.3, -0.25) is 4.79 Å². The first-order valence-corrected chi connectivity index (χ1v) is 6.07. The maximum atomic E-state index is 12.3. The van der Waals surface area contributed by atoms with Crippen LogP contribution in [0.25, 0.3) is 0 Å². The minimum absolute atomic E-state index is 0.128. The van der Waals surface area contributed by atoms with Crippen LogP contribution in [0.3, 0.4) is 0 Å². The van der Waals surface area contributed by atoms with Crippen LogP contribution in [0.1, 0.15) is 10.4 Å². The highest BCUT2D eigenvalue weighted by Gasteiger charge is 2.43. The zero-order valence-electron chi connectivity index (χ0n) is 10.3. The number of hydrogen-bond donors (Lipinski definition) is 4. The van der Waals surface area contributed by atoms with Crippen LogP contribution in [0.2, 0.25) is 0 Å². The van der Waals surface area contributed by atoms with Gasteiger partial charge >= 0.3 is 0 Å². The summed E-state index contributed by atoms with van der Waals surface area (Å²) >= 11 is 0. The number of rotatable bonds is 2. The minimum atomic E-state index is -1.37. The van der Waals surface area contributed by atoms with Crippen LogP contribution < -0.4 is 0 Å². The highest BCUT2D eigenvalue weighted by molar-refractivity contribution is 5.94. The molecule has 4 N–H and O–H groups in total. The molecule has 1 fully saturated rings. The smallest absolute Gasteiger partial charge is 0.254 e. The summed E-state index contributed by atoms with van der Waals surface area (Å²) in [6, 6.07) is 7.47. The molecule has 0 aromatic heterocycles. The lowest BCUT2D eigenvalue weighted by molar-refractivity contribution is -0.134. The van der Waals surface area contributed by atoms with Gasteiger partial charge in [0.25, 0.3) is 5.91 Å². The van der Waals surface area contributed by atoms with Gasteiger partial charge in [0, 0.05) is 5.56 Å². The zero-order chi connectivity index (χ0) is 14.0. The van der Waals surface area contributed by atoms with Gasteiger partial charge in [0.05, 0.1) is 19.2 Å². The highest BCUT2D eigenvalue weighted by Crippen LogP contribution is 2.21. The molecule has 0 saturated carbocycles. The molecule has 0 bridgehead atoms. The molecule has 1 aromatic carbocycles. The normalized spacial score (nSPS) is 31.3. The summed E-state index contributed by atoms with van der Waals surface area (Å²) in [5.74, 6) is -0.398. The number of carbonyl (C=O) groups is 1. The average Bonchev–Trinajstić information content (AvgIpc) is 2.44. The Morgan fingerprint density at radius 1 is 1.16 bits per heavy atom. The third kappa shape index (κ3) is 2.62. The number of benzene rings is 1. The lowest BCUT2D eigenvalue weighted by Gasteiger charge is -2.43. The number of hydrogen-bond acceptors (Lipinski definition) is 5. The Morgan fingerprint density at radius 3 is 2.37 bits per heavy atom. The van der Waals surface area contributed by atoms with Crippen LogP contribution in [0, 0.1) is 0 Å². The van der Waals surface area contributed by atoms with Gasteiger partial charge in [0.1, 0.15) is 18.3 Å². The van der Waals surface area contributed by atoms with Crippen LogP contribution in [0.5, 0.6) is 0 Å². The van der Waals surface area contributed by atoms with Crippen molar-refractivity contribution in [2.45, 2.75) is 24.4 Å². The second-order valence-electron chi connectivity index (χ2n) is 4.62. The lowest BCUT2D eigenvalue weighted by Crippen LogP contribution is -2.63. The van der Waals surface area contributed by atoms with Crippen molar-refractivity contribution in [2.75, 3.05) is 13.2 Å². The van der Waals surface area contributed by atoms with E-state index in [1.54, 1.807) is 30.3 Å². The first kappa shape index (κ1) is 14.0. The molecule has 19 heavy (non-hydrogen) atoms. The Balaban J connectivity index is 2.24. The molecule has 1 aliphatic heterocycles. The van der Waals surface area contributed by atoms with Crippen molar-refractivity contribution in [2.24, 2.45) is 0 Å². The van der Waals surface area contributed by atoms with Gasteiger partial charge < -0.3 is 25.3 Å². The topological polar surface area (TPSA) is 101 Å². The van der Waals surface area contributed by atoms with E-state index in [2.05, 4.69) is 0 Å². The van der Waals surface area contributed by atoms with Crippen LogP contribution >= 0.6 is 0 Å². The number of aliphatic hydroxyl groups is 4. The summed E-state index contributed by atoms with van der Waals surface area (Å²) in [4.78, 5) is 13.5. The van der Waals surface area contributed by atoms with Crippen LogP contribution in [0.15, 0.2) is 30.3 Å². The number of nitrogens with zero attached hydrogens (tertiary/aromatic N) is 1. The van der Waals surface area contributed by atoms with E-state index < -0.39 is 36.9 Å². The maximum Gasteiger partial charge on any atom is 0.254 e. The Kier molecular flexibility index (Phi) is 4.16. The Labute approximate surface area is 110 Å². The first-order valence-electron chi connectivity index (χ1n) is 6.07. The molecule has 0 unspecified atom stereocenters. The standard InChI is InChI=1S/C13H17NO5/c15-7-9-11(17)12(18)10(16)6-14(9)13(19)8-4-2-1-3-5-8/h1-5,9-12,15-18H,6-7H2/t9-,10-,11-,12-/m1/s1. The molecule has 1 aliphatic rings. The van der Waals surface area contributed by atoms with Crippen LogP contribution in [0.4, 0.5) is 0 Å². The monoisotopic (exact) mass is 267 g/mol. The molecule has 1 amide bonds. The molecule has 6 heteroatoms. The Morgan fingerprint density at radius 2 is 1.79 bits per heavy atom. The summed E-state index contributed by atoms with van der Waals surface area (Å²) in [5.41, 5.74) is 0.400. The van der Waals surface area contributed by atoms with E-state index in [1.807, 2.05) is 0 Å². The summed E-state index contributed by atoms with van der Waals surface area (Å²) in [6.07, 6.45) is -3.97. The van der Waals surface area contributed by atoms with Crippen molar-refractivity contribution >= 4 is 5.91 Å². The summed E-state index contributed by atoms with van der Waals surface area (Å²) in [7, 11) is 0. The van der Waals surface area contributed by atoms with Crippen molar-refractivity contribution in [1.82, 2.24) is 4.90 Å². The summed E-state index contributed by atoms with van der Waals surface area (Å²) in [6.45, 7) is -0.610. The van der Waals surface area contributed by atoms with Gasteiger partial charge in [0.15, 0.2) is 0 Å². The SMILES string of the molecule is O=C(c1ccccc1)N1C[C@@H](O)[C@@H](O)[C@H](O)[C@H]1CO. The molecule has 1 heterocycles. The van der Waals surface area contributed by atoms with Gasteiger partial charge in [-0.2, -0.15) is 0 Å². The van der Waals surface area contributed by atoms with Gasteiger partial charge in [-0.15, -0.1) is 0 Å². The molecule has 0 aliphatic carbocycles. The number of likely N-dealkylation sites (tertiary alicyclic amines) is 1. The molecular formula is C13H17NO5. The number of amides is 1. The van der Waals surface area contributed by atoms with Crippen molar-refractivity contribution in [3.63, 3.8) is 0 Å². The van der Waals surface area contributed by atoms with E-state index in [-0.39, 0.29) is 6.54 Å². The van der Waals surface area contributed by atoms with Crippen molar-refractivity contribution in [1.29, 1.82) is 0 Å². The Bertz CT molecular complexity index is 438. The fraction of sp³-hybridized carbons (Fsp3) is 0.462. The third-order valence-corrected chi connectivity index (χ3v) is 3.39. The van der Waals surface area contributed by atoms with E-state index in [0.29, 0.717) is 5.56 Å². The molecule has 104 valence electrons. The molecular weight excluding hydrogens is 250 g/mol. The van der Waals surface area contributed by atoms with E-state index >= 15 is 0 Å². The predicted octanol–water partition coefficient (Wildman–Crippen LogP) is -1.41. The van der Waals surface area contributed by atoms with Gasteiger partial charge in [0.2, 0.25) is 0 Å². The predicted molar refractivity (Wildman–Crippen MR) is 66.4 cm³/mol. The van der Waals surface area contributed by atoms with Crippen molar-refractivity contribution < 1.29 is 25.2 Å². The Hall–Kier alpha value is -1.47. The van der Waals surface area contributed by atoms with Crippen molar-refractivity contribution in [3.8, 4) is 0 Å². The molecule has 0 spiro atoms. The number of piperidine rings is 1. The molecule has 1 saturated heterocycles. The van der Waals surface area contributed by atoms with E-state index in [9.17, 15) is 25.2 Å². The van der Waals surface area contributed by atoms with Gasteiger partial charge in [-0.1, -0.05) is 18.2 Å².